The van der Waals surface area contributed by atoms with Crippen molar-refractivity contribution >= 4 is 24.0 Å². The third-order valence-corrected chi connectivity index (χ3v) is 1.93. The second kappa shape index (κ2) is 5.40. The van der Waals surface area contributed by atoms with Gasteiger partial charge in [-0.05, 0) is 6.07 Å². The SMILES string of the molecule is Cl.NC[C@@H](N)c1cccc(Cl)c1F. The first-order chi connectivity index (χ1) is 5.66. The van der Waals surface area contributed by atoms with Crippen LogP contribution in [0.4, 0.5) is 4.39 Å². The Morgan fingerprint density at radius 2 is 2.08 bits per heavy atom. The lowest BCUT2D eigenvalue weighted by Crippen LogP contribution is -2.21. The van der Waals surface area contributed by atoms with Crippen LogP contribution in [-0.2, 0) is 0 Å². The van der Waals surface area contributed by atoms with Gasteiger partial charge in [0.05, 0.1) is 5.02 Å². The molecule has 0 aromatic heterocycles. The van der Waals surface area contributed by atoms with Crippen LogP contribution in [0, 0.1) is 5.82 Å². The van der Waals surface area contributed by atoms with Gasteiger partial charge in [-0.3, -0.25) is 0 Å². The standard InChI is InChI=1S/C8H10ClFN2.ClH/c9-6-3-1-2-5(8(6)10)7(12)4-11;/h1-3,7H,4,11-12H2;1H/t7-;/m1./s1. The van der Waals surface area contributed by atoms with Crippen LogP contribution in [0.15, 0.2) is 18.2 Å². The molecule has 0 saturated carbocycles. The summed E-state index contributed by atoms with van der Waals surface area (Å²) < 4.78 is 13.2. The van der Waals surface area contributed by atoms with Crippen LogP contribution in [0.3, 0.4) is 0 Å². The summed E-state index contributed by atoms with van der Waals surface area (Å²) in [6.45, 7) is 0.206. The molecule has 1 atom stereocenters. The highest BCUT2D eigenvalue weighted by Crippen LogP contribution is 2.21. The molecule has 74 valence electrons. The first kappa shape index (κ1) is 12.7. The molecule has 0 fully saturated rings. The molecule has 1 aromatic rings. The summed E-state index contributed by atoms with van der Waals surface area (Å²) in [5, 5.41) is 0.0800. The molecule has 0 bridgehead atoms. The van der Waals surface area contributed by atoms with Gasteiger partial charge in [0.2, 0.25) is 0 Å². The van der Waals surface area contributed by atoms with Gasteiger partial charge >= 0.3 is 0 Å². The van der Waals surface area contributed by atoms with Gasteiger partial charge in [0.15, 0.2) is 0 Å². The average Bonchev–Trinajstić information content (AvgIpc) is 2.08. The molecule has 13 heavy (non-hydrogen) atoms. The highest BCUT2D eigenvalue weighted by molar-refractivity contribution is 6.30. The van der Waals surface area contributed by atoms with E-state index in [2.05, 4.69) is 0 Å². The molecule has 2 nitrogen and oxygen atoms in total. The quantitative estimate of drug-likeness (QED) is 0.807. The normalized spacial score (nSPS) is 12.0. The van der Waals surface area contributed by atoms with E-state index >= 15 is 0 Å². The molecule has 0 radical (unpaired) electrons. The molecule has 0 aliphatic carbocycles. The third kappa shape index (κ3) is 2.81. The number of benzene rings is 1. The van der Waals surface area contributed by atoms with Crippen molar-refractivity contribution in [3.05, 3.63) is 34.6 Å². The van der Waals surface area contributed by atoms with E-state index in [0.717, 1.165) is 0 Å². The minimum atomic E-state index is -0.483. The number of halogens is 3. The predicted octanol–water partition coefficient (Wildman–Crippen LogP) is 1.86. The lowest BCUT2D eigenvalue weighted by atomic mass is 10.1. The highest BCUT2D eigenvalue weighted by atomic mass is 35.5. The van der Waals surface area contributed by atoms with Crippen molar-refractivity contribution in [1.82, 2.24) is 0 Å². The fourth-order valence-corrected chi connectivity index (χ4v) is 1.12. The second-order valence-corrected chi connectivity index (χ2v) is 2.89. The molecular weight excluding hydrogens is 214 g/mol. The minimum absolute atomic E-state index is 0. The molecule has 0 saturated heterocycles. The Bertz CT molecular complexity index is 281. The van der Waals surface area contributed by atoms with Crippen LogP contribution >= 0.6 is 24.0 Å². The summed E-state index contributed by atoms with van der Waals surface area (Å²) in [5.74, 6) is -0.475. The van der Waals surface area contributed by atoms with E-state index in [1.807, 2.05) is 0 Å². The van der Waals surface area contributed by atoms with Gasteiger partial charge in [-0.15, -0.1) is 12.4 Å². The second-order valence-electron chi connectivity index (χ2n) is 2.49. The summed E-state index contributed by atoms with van der Waals surface area (Å²) in [7, 11) is 0. The van der Waals surface area contributed by atoms with Crippen molar-refractivity contribution in [2.24, 2.45) is 11.5 Å². The zero-order valence-corrected chi connectivity index (χ0v) is 8.41. The van der Waals surface area contributed by atoms with Crippen LogP contribution in [0.2, 0.25) is 5.02 Å². The van der Waals surface area contributed by atoms with E-state index < -0.39 is 11.9 Å². The summed E-state index contributed by atoms with van der Waals surface area (Å²) in [5.41, 5.74) is 11.2. The minimum Gasteiger partial charge on any atom is -0.329 e. The molecule has 0 heterocycles. The molecule has 0 aliphatic heterocycles. The highest BCUT2D eigenvalue weighted by Gasteiger charge is 2.11. The zero-order chi connectivity index (χ0) is 9.14. The van der Waals surface area contributed by atoms with Gasteiger partial charge < -0.3 is 11.5 Å². The maximum absolute atomic E-state index is 13.2. The van der Waals surface area contributed by atoms with Crippen molar-refractivity contribution in [2.75, 3.05) is 6.54 Å². The average molecular weight is 225 g/mol. The lowest BCUT2D eigenvalue weighted by Gasteiger charge is -2.10. The number of hydrogen-bond donors (Lipinski definition) is 2. The van der Waals surface area contributed by atoms with Gasteiger partial charge in [-0.25, -0.2) is 4.39 Å². The molecular formula is C8H11Cl2FN2. The Kier molecular flexibility index (Phi) is 5.25. The maximum Gasteiger partial charge on any atom is 0.146 e. The van der Waals surface area contributed by atoms with Crippen molar-refractivity contribution in [3.63, 3.8) is 0 Å². The topological polar surface area (TPSA) is 52.0 Å². The molecule has 0 spiro atoms. The van der Waals surface area contributed by atoms with Gasteiger partial charge in [-0.1, -0.05) is 23.7 Å². The Morgan fingerprint density at radius 3 is 2.62 bits per heavy atom. The molecule has 0 amide bonds. The van der Waals surface area contributed by atoms with E-state index in [1.54, 1.807) is 12.1 Å². The van der Waals surface area contributed by atoms with Crippen molar-refractivity contribution in [2.45, 2.75) is 6.04 Å². The zero-order valence-electron chi connectivity index (χ0n) is 6.84. The van der Waals surface area contributed by atoms with Crippen LogP contribution in [0.5, 0.6) is 0 Å². The van der Waals surface area contributed by atoms with Crippen LogP contribution in [0.1, 0.15) is 11.6 Å². The predicted molar refractivity (Wildman–Crippen MR) is 54.6 cm³/mol. The van der Waals surface area contributed by atoms with Crippen LogP contribution < -0.4 is 11.5 Å². The van der Waals surface area contributed by atoms with Gasteiger partial charge in [0, 0.05) is 18.2 Å². The molecule has 5 heteroatoms. The Morgan fingerprint density at radius 1 is 1.46 bits per heavy atom. The van der Waals surface area contributed by atoms with E-state index in [-0.39, 0.29) is 24.0 Å². The maximum atomic E-state index is 13.2. The number of rotatable bonds is 2. The van der Waals surface area contributed by atoms with Crippen molar-refractivity contribution in [3.8, 4) is 0 Å². The van der Waals surface area contributed by atoms with Crippen LogP contribution in [0.25, 0.3) is 0 Å². The van der Waals surface area contributed by atoms with Gasteiger partial charge in [0.1, 0.15) is 5.82 Å². The van der Waals surface area contributed by atoms with Gasteiger partial charge in [0.25, 0.3) is 0 Å². The lowest BCUT2D eigenvalue weighted by molar-refractivity contribution is 0.584. The summed E-state index contributed by atoms with van der Waals surface area (Å²) in [4.78, 5) is 0. The summed E-state index contributed by atoms with van der Waals surface area (Å²) in [6.07, 6.45) is 0. The Labute approximate surface area is 87.5 Å². The molecule has 4 N–H and O–H groups in total. The molecule has 1 aromatic carbocycles. The smallest absolute Gasteiger partial charge is 0.146 e. The number of nitrogens with two attached hydrogens (primary N) is 2. The van der Waals surface area contributed by atoms with Gasteiger partial charge in [-0.2, -0.15) is 0 Å². The fraction of sp³-hybridized carbons (Fsp3) is 0.250. The van der Waals surface area contributed by atoms with Crippen LogP contribution in [-0.4, -0.2) is 6.54 Å². The first-order valence-corrected chi connectivity index (χ1v) is 3.94. The largest absolute Gasteiger partial charge is 0.329 e. The van der Waals surface area contributed by atoms with E-state index in [0.29, 0.717) is 5.56 Å². The molecule has 1 rings (SSSR count). The first-order valence-electron chi connectivity index (χ1n) is 3.56. The number of hydrogen-bond acceptors (Lipinski definition) is 2. The third-order valence-electron chi connectivity index (χ3n) is 1.63. The Balaban J connectivity index is 0.00000144. The monoisotopic (exact) mass is 224 g/mol. The summed E-state index contributed by atoms with van der Waals surface area (Å²) in [6, 6.07) is 4.22. The summed E-state index contributed by atoms with van der Waals surface area (Å²) >= 11 is 5.54. The van der Waals surface area contributed by atoms with E-state index in [9.17, 15) is 4.39 Å². The Hall–Kier alpha value is -0.350. The fourth-order valence-electron chi connectivity index (χ4n) is 0.934. The van der Waals surface area contributed by atoms with E-state index in [1.165, 1.54) is 6.07 Å². The van der Waals surface area contributed by atoms with E-state index in [4.69, 9.17) is 23.1 Å². The molecule has 0 unspecified atom stereocenters. The molecule has 0 aliphatic rings. The van der Waals surface area contributed by atoms with Crippen molar-refractivity contribution in [1.29, 1.82) is 0 Å². The van der Waals surface area contributed by atoms with Crippen molar-refractivity contribution < 1.29 is 4.39 Å².